The second-order valence-electron chi connectivity index (χ2n) is 2.93. The van der Waals surface area contributed by atoms with Crippen LogP contribution in [0.25, 0.3) is 0 Å². The molecule has 1 atom stereocenters. The van der Waals surface area contributed by atoms with Crippen molar-refractivity contribution in [1.82, 2.24) is 5.32 Å². The van der Waals surface area contributed by atoms with Gasteiger partial charge in [0.2, 0.25) is 0 Å². The predicted molar refractivity (Wildman–Crippen MR) is 54.0 cm³/mol. The molecular formula is C10H8ClFN2O. The molecule has 1 unspecified atom stereocenters. The van der Waals surface area contributed by atoms with Crippen LogP contribution in [0.4, 0.5) is 4.39 Å². The van der Waals surface area contributed by atoms with Crippen molar-refractivity contribution in [2.24, 2.45) is 0 Å². The monoisotopic (exact) mass is 226 g/mol. The highest BCUT2D eigenvalue weighted by Crippen LogP contribution is 2.17. The van der Waals surface area contributed by atoms with Crippen molar-refractivity contribution in [3.05, 3.63) is 34.6 Å². The number of nitrogens with one attached hydrogen (secondary N) is 1. The van der Waals surface area contributed by atoms with Crippen LogP contribution >= 0.6 is 11.6 Å². The maximum absolute atomic E-state index is 13.3. The first-order valence-corrected chi connectivity index (χ1v) is 4.58. The summed E-state index contributed by atoms with van der Waals surface area (Å²) in [5.74, 6) is -1.43. The van der Waals surface area contributed by atoms with Crippen molar-refractivity contribution in [2.75, 3.05) is 0 Å². The average molecular weight is 227 g/mol. The molecule has 1 rings (SSSR count). The van der Waals surface area contributed by atoms with E-state index in [4.69, 9.17) is 16.9 Å². The molecular weight excluding hydrogens is 219 g/mol. The maximum Gasteiger partial charge on any atom is 0.255 e. The van der Waals surface area contributed by atoms with Crippen LogP contribution in [-0.4, -0.2) is 11.9 Å². The van der Waals surface area contributed by atoms with E-state index in [9.17, 15) is 9.18 Å². The minimum atomic E-state index is -0.776. The van der Waals surface area contributed by atoms with Crippen molar-refractivity contribution in [3.8, 4) is 6.07 Å². The second kappa shape index (κ2) is 4.76. The summed E-state index contributed by atoms with van der Waals surface area (Å²) in [5, 5.41) is 10.7. The zero-order chi connectivity index (χ0) is 11.4. The van der Waals surface area contributed by atoms with Crippen LogP contribution < -0.4 is 5.32 Å². The van der Waals surface area contributed by atoms with Gasteiger partial charge in [0.15, 0.2) is 5.82 Å². The summed E-state index contributed by atoms with van der Waals surface area (Å²) in [5.41, 5.74) is -0.162. The molecule has 0 aliphatic rings. The minimum Gasteiger partial charge on any atom is -0.336 e. The molecule has 78 valence electrons. The number of hydrogen-bond acceptors (Lipinski definition) is 2. The summed E-state index contributed by atoms with van der Waals surface area (Å²) >= 11 is 5.51. The van der Waals surface area contributed by atoms with E-state index >= 15 is 0 Å². The Kier molecular flexibility index (Phi) is 3.64. The lowest BCUT2D eigenvalue weighted by atomic mass is 10.2. The van der Waals surface area contributed by atoms with Crippen LogP contribution in [0, 0.1) is 17.1 Å². The van der Waals surface area contributed by atoms with Gasteiger partial charge in [0, 0.05) is 0 Å². The van der Waals surface area contributed by atoms with Crippen LogP contribution in [0.2, 0.25) is 5.02 Å². The minimum absolute atomic E-state index is 0.118. The van der Waals surface area contributed by atoms with E-state index in [1.165, 1.54) is 25.1 Å². The van der Waals surface area contributed by atoms with E-state index < -0.39 is 17.8 Å². The molecule has 15 heavy (non-hydrogen) atoms. The van der Waals surface area contributed by atoms with Crippen molar-refractivity contribution in [1.29, 1.82) is 5.26 Å². The van der Waals surface area contributed by atoms with E-state index in [0.717, 1.165) is 0 Å². The summed E-state index contributed by atoms with van der Waals surface area (Å²) in [4.78, 5) is 11.4. The molecule has 0 saturated carbocycles. The quantitative estimate of drug-likeness (QED) is 0.840. The molecule has 0 radical (unpaired) electrons. The number of nitriles is 1. The highest BCUT2D eigenvalue weighted by molar-refractivity contribution is 6.31. The van der Waals surface area contributed by atoms with Gasteiger partial charge < -0.3 is 5.32 Å². The molecule has 0 saturated heterocycles. The zero-order valence-corrected chi connectivity index (χ0v) is 8.68. The Bertz CT molecular complexity index is 428. The van der Waals surface area contributed by atoms with Crippen LogP contribution in [0.1, 0.15) is 17.3 Å². The Morgan fingerprint density at radius 3 is 2.93 bits per heavy atom. The fourth-order valence-electron chi connectivity index (χ4n) is 0.986. The molecule has 0 aromatic heterocycles. The van der Waals surface area contributed by atoms with Crippen molar-refractivity contribution < 1.29 is 9.18 Å². The molecule has 5 heteroatoms. The lowest BCUT2D eigenvalue weighted by molar-refractivity contribution is 0.0944. The van der Waals surface area contributed by atoms with Gasteiger partial charge in [-0.3, -0.25) is 4.79 Å². The zero-order valence-electron chi connectivity index (χ0n) is 7.92. The Labute approximate surface area is 91.5 Å². The molecule has 1 aromatic carbocycles. The van der Waals surface area contributed by atoms with Gasteiger partial charge in [-0.05, 0) is 19.1 Å². The van der Waals surface area contributed by atoms with Crippen molar-refractivity contribution in [2.45, 2.75) is 13.0 Å². The number of halogens is 2. The van der Waals surface area contributed by atoms with Gasteiger partial charge in [-0.2, -0.15) is 5.26 Å². The lowest BCUT2D eigenvalue weighted by Gasteiger charge is -2.07. The van der Waals surface area contributed by atoms with Gasteiger partial charge >= 0.3 is 0 Å². The number of amides is 1. The lowest BCUT2D eigenvalue weighted by Crippen LogP contribution is -2.31. The Balaban J connectivity index is 2.93. The van der Waals surface area contributed by atoms with E-state index in [2.05, 4.69) is 5.32 Å². The third-order valence-corrected chi connectivity index (χ3v) is 2.03. The molecule has 0 spiro atoms. The number of carbonyl (C=O) groups is 1. The van der Waals surface area contributed by atoms with Crippen LogP contribution in [0.5, 0.6) is 0 Å². The number of hydrogen-bond donors (Lipinski definition) is 1. The normalized spacial score (nSPS) is 11.6. The van der Waals surface area contributed by atoms with E-state index in [1.807, 2.05) is 6.07 Å². The van der Waals surface area contributed by atoms with E-state index in [-0.39, 0.29) is 10.6 Å². The number of rotatable bonds is 2. The third kappa shape index (κ3) is 2.67. The summed E-state index contributed by atoms with van der Waals surface area (Å²) in [6.07, 6.45) is 0. The molecule has 1 aromatic rings. The topological polar surface area (TPSA) is 52.9 Å². The summed E-state index contributed by atoms with van der Waals surface area (Å²) < 4.78 is 13.3. The molecule has 0 aliphatic carbocycles. The van der Waals surface area contributed by atoms with Gasteiger partial charge in [0.25, 0.3) is 5.91 Å². The molecule has 0 fully saturated rings. The third-order valence-electron chi connectivity index (χ3n) is 1.74. The SMILES string of the molecule is CC(C#N)NC(=O)c1cccc(Cl)c1F. The van der Waals surface area contributed by atoms with Gasteiger partial charge in [-0.1, -0.05) is 17.7 Å². The van der Waals surface area contributed by atoms with Gasteiger partial charge in [0.05, 0.1) is 16.7 Å². The van der Waals surface area contributed by atoms with Crippen molar-refractivity contribution in [3.63, 3.8) is 0 Å². The molecule has 0 bridgehead atoms. The number of benzene rings is 1. The Hall–Kier alpha value is -1.60. The van der Waals surface area contributed by atoms with Crippen LogP contribution in [-0.2, 0) is 0 Å². The molecule has 1 amide bonds. The molecule has 0 heterocycles. The van der Waals surface area contributed by atoms with Crippen LogP contribution in [0.15, 0.2) is 18.2 Å². The van der Waals surface area contributed by atoms with Gasteiger partial charge in [-0.15, -0.1) is 0 Å². The first-order chi connectivity index (χ1) is 7.06. The molecule has 3 nitrogen and oxygen atoms in total. The number of nitrogens with zero attached hydrogens (tertiary/aromatic N) is 1. The smallest absolute Gasteiger partial charge is 0.255 e. The first kappa shape index (κ1) is 11.5. The Morgan fingerprint density at radius 2 is 2.33 bits per heavy atom. The van der Waals surface area contributed by atoms with E-state index in [0.29, 0.717) is 0 Å². The summed E-state index contributed by atoms with van der Waals surface area (Å²) in [6, 6.07) is 5.27. The highest BCUT2D eigenvalue weighted by atomic mass is 35.5. The second-order valence-corrected chi connectivity index (χ2v) is 3.33. The van der Waals surface area contributed by atoms with Gasteiger partial charge in [-0.25, -0.2) is 4.39 Å². The maximum atomic E-state index is 13.3. The molecule has 0 aliphatic heterocycles. The first-order valence-electron chi connectivity index (χ1n) is 4.20. The number of carbonyl (C=O) groups excluding carboxylic acids is 1. The van der Waals surface area contributed by atoms with Crippen LogP contribution in [0.3, 0.4) is 0 Å². The predicted octanol–water partition coefficient (Wildman–Crippen LogP) is 2.12. The van der Waals surface area contributed by atoms with Gasteiger partial charge in [0.1, 0.15) is 6.04 Å². The average Bonchev–Trinajstić information content (AvgIpc) is 2.21. The summed E-state index contributed by atoms with van der Waals surface area (Å²) in [7, 11) is 0. The van der Waals surface area contributed by atoms with Crippen molar-refractivity contribution >= 4 is 17.5 Å². The van der Waals surface area contributed by atoms with E-state index in [1.54, 1.807) is 0 Å². The fourth-order valence-corrected chi connectivity index (χ4v) is 1.16. The fraction of sp³-hybridized carbons (Fsp3) is 0.200. The largest absolute Gasteiger partial charge is 0.336 e. The summed E-state index contributed by atoms with van der Waals surface area (Å²) in [6.45, 7) is 1.50. The standard InChI is InChI=1S/C10H8ClFN2O/c1-6(5-13)14-10(15)7-3-2-4-8(11)9(7)12/h2-4,6H,1H3,(H,14,15). The highest BCUT2D eigenvalue weighted by Gasteiger charge is 2.15. The molecule has 1 N–H and O–H groups in total. The Morgan fingerprint density at radius 1 is 1.67 bits per heavy atom.